The number of nitrogens with two attached hydrogens (primary N) is 1. The summed E-state index contributed by atoms with van der Waals surface area (Å²) in [5, 5.41) is 10.4. The second-order valence-electron chi connectivity index (χ2n) is 5.22. The van der Waals surface area contributed by atoms with Crippen LogP contribution in [0.15, 0.2) is 12.7 Å². The Hall–Kier alpha value is -1.60. The summed E-state index contributed by atoms with van der Waals surface area (Å²) in [4.78, 5) is 40.4. The number of fused-ring (bicyclic) bond motifs is 1. The fraction of sp³-hybridized carbons (Fsp3) is 0.500. The van der Waals surface area contributed by atoms with Crippen LogP contribution in [0.5, 0.6) is 0 Å². The molecule has 3 rings (SSSR count). The SMILES string of the molecule is Nc1ncnc2c1ncn2[C@@H]1O[C@H](CO[P+](=O)[O-])[C@@H](OP(=O)(O)O)[C@H]1O. The molecule has 2 aromatic heterocycles. The van der Waals surface area contributed by atoms with E-state index in [9.17, 15) is 19.1 Å². The first-order valence-corrected chi connectivity index (χ1v) is 9.57. The summed E-state index contributed by atoms with van der Waals surface area (Å²) in [5.41, 5.74) is 6.08. The molecule has 14 nitrogen and oxygen atoms in total. The first-order valence-electron chi connectivity index (χ1n) is 6.95. The van der Waals surface area contributed by atoms with Crippen LogP contribution in [0.25, 0.3) is 11.2 Å². The highest BCUT2D eigenvalue weighted by Crippen LogP contribution is 2.44. The van der Waals surface area contributed by atoms with Crippen molar-refractivity contribution in [1.82, 2.24) is 19.5 Å². The molecule has 1 saturated heterocycles. The number of rotatable bonds is 6. The van der Waals surface area contributed by atoms with Gasteiger partial charge in [0.15, 0.2) is 17.7 Å². The number of imidazole rings is 1. The molecule has 0 bridgehead atoms. The monoisotopic (exact) mass is 409 g/mol. The van der Waals surface area contributed by atoms with Gasteiger partial charge < -0.3 is 30.3 Å². The van der Waals surface area contributed by atoms with Crippen molar-refractivity contribution in [2.45, 2.75) is 24.5 Å². The van der Waals surface area contributed by atoms with Crippen LogP contribution in [-0.2, 0) is 22.9 Å². The van der Waals surface area contributed by atoms with Crippen LogP contribution in [0.2, 0.25) is 0 Å². The Balaban J connectivity index is 1.93. The van der Waals surface area contributed by atoms with Gasteiger partial charge in [-0.2, -0.15) is 0 Å². The largest absolute Gasteiger partial charge is 0.566 e. The van der Waals surface area contributed by atoms with Crippen molar-refractivity contribution in [3.05, 3.63) is 12.7 Å². The molecule has 0 radical (unpaired) electrons. The molecule has 5 N–H and O–H groups in total. The van der Waals surface area contributed by atoms with E-state index in [1.165, 1.54) is 10.9 Å². The van der Waals surface area contributed by atoms with Crippen molar-refractivity contribution in [3.63, 3.8) is 0 Å². The summed E-state index contributed by atoms with van der Waals surface area (Å²) >= 11 is 0. The van der Waals surface area contributed by atoms with Gasteiger partial charge in [0.25, 0.3) is 0 Å². The molecule has 0 saturated carbocycles. The van der Waals surface area contributed by atoms with Crippen molar-refractivity contribution in [2.75, 3.05) is 12.3 Å². The van der Waals surface area contributed by atoms with Gasteiger partial charge in [0.2, 0.25) is 0 Å². The second-order valence-corrected chi connectivity index (χ2v) is 7.12. The van der Waals surface area contributed by atoms with Gasteiger partial charge in [-0.05, 0) is 4.57 Å². The molecule has 0 aromatic carbocycles. The standard InChI is InChI=1S/C10H13N5O9P2/c11-8-5-9(13-2-12-8)15(3-14-5)10-6(16)7(24-26(19,20)21)4(23-10)1-22-25(17)18/h2-4,6-7,10,16H,1H2,(H2,11,12,13)(H2,19,20,21)/t4-,6-,7-,10-/m1/s1. The van der Waals surface area contributed by atoms with Crippen LogP contribution in [0.1, 0.15) is 6.23 Å². The minimum Gasteiger partial charge on any atom is -0.566 e. The van der Waals surface area contributed by atoms with E-state index in [1.54, 1.807) is 0 Å². The van der Waals surface area contributed by atoms with Gasteiger partial charge in [0, 0.05) is 0 Å². The molecule has 16 heteroatoms. The van der Waals surface area contributed by atoms with Gasteiger partial charge in [-0.3, -0.25) is 9.09 Å². The number of aliphatic hydroxyl groups is 1. The van der Waals surface area contributed by atoms with Gasteiger partial charge in [-0.1, -0.05) is 0 Å². The lowest BCUT2D eigenvalue weighted by molar-refractivity contribution is -0.188. The van der Waals surface area contributed by atoms with Crippen molar-refractivity contribution in [2.24, 2.45) is 0 Å². The Morgan fingerprint density at radius 3 is 2.81 bits per heavy atom. The van der Waals surface area contributed by atoms with E-state index in [4.69, 9.17) is 20.3 Å². The molecule has 1 aliphatic rings. The second kappa shape index (κ2) is 7.19. The average Bonchev–Trinajstić information content (AvgIpc) is 3.08. The summed E-state index contributed by atoms with van der Waals surface area (Å²) < 4.78 is 37.5. The molecule has 5 atom stereocenters. The smallest absolute Gasteiger partial charge is 0.488 e. The zero-order valence-electron chi connectivity index (χ0n) is 12.7. The lowest BCUT2D eigenvalue weighted by Gasteiger charge is -2.20. The zero-order chi connectivity index (χ0) is 19.1. The van der Waals surface area contributed by atoms with Crippen molar-refractivity contribution in [3.8, 4) is 0 Å². The van der Waals surface area contributed by atoms with Crippen LogP contribution < -0.4 is 10.6 Å². The van der Waals surface area contributed by atoms with Crippen molar-refractivity contribution in [1.29, 1.82) is 0 Å². The summed E-state index contributed by atoms with van der Waals surface area (Å²) in [5.74, 6) is 0.0764. The number of phosphoric acid groups is 1. The van der Waals surface area contributed by atoms with Crippen molar-refractivity contribution >= 4 is 33.1 Å². The van der Waals surface area contributed by atoms with Gasteiger partial charge >= 0.3 is 16.1 Å². The third-order valence-electron chi connectivity index (χ3n) is 3.57. The van der Waals surface area contributed by atoms with Crippen LogP contribution in [0.4, 0.5) is 5.82 Å². The molecule has 0 aliphatic carbocycles. The van der Waals surface area contributed by atoms with Crippen LogP contribution in [0.3, 0.4) is 0 Å². The van der Waals surface area contributed by atoms with E-state index in [0.717, 1.165) is 6.33 Å². The van der Waals surface area contributed by atoms with E-state index < -0.39 is 47.2 Å². The molecule has 2 aromatic rings. The highest BCUT2D eigenvalue weighted by atomic mass is 31.2. The van der Waals surface area contributed by atoms with Gasteiger partial charge in [-0.15, -0.1) is 4.52 Å². The molecule has 26 heavy (non-hydrogen) atoms. The average molecular weight is 409 g/mol. The molecule has 0 spiro atoms. The Morgan fingerprint density at radius 1 is 1.42 bits per heavy atom. The minimum atomic E-state index is -5.01. The lowest BCUT2D eigenvalue weighted by Crippen LogP contribution is -2.35. The summed E-state index contributed by atoms with van der Waals surface area (Å²) in [6, 6.07) is 0. The minimum absolute atomic E-state index is 0.0764. The fourth-order valence-corrected chi connectivity index (χ4v) is 3.41. The number of phosphoric ester groups is 1. The lowest BCUT2D eigenvalue weighted by atomic mass is 10.1. The molecule has 3 heterocycles. The highest BCUT2D eigenvalue weighted by molar-refractivity contribution is 7.46. The highest BCUT2D eigenvalue weighted by Gasteiger charge is 2.49. The van der Waals surface area contributed by atoms with Gasteiger partial charge in [0.05, 0.1) is 6.33 Å². The predicted molar refractivity (Wildman–Crippen MR) is 80.1 cm³/mol. The molecule has 142 valence electrons. The van der Waals surface area contributed by atoms with Crippen LogP contribution in [-0.4, -0.2) is 59.3 Å². The van der Waals surface area contributed by atoms with E-state index in [-0.39, 0.29) is 17.0 Å². The predicted octanol–water partition coefficient (Wildman–Crippen LogP) is -1.82. The number of nitrogen functional groups attached to an aromatic ring is 1. The van der Waals surface area contributed by atoms with Crippen molar-refractivity contribution < 1.29 is 42.7 Å². The maximum absolute atomic E-state index is 11.2. The summed E-state index contributed by atoms with van der Waals surface area (Å²) in [7, 11) is -8.26. The maximum Gasteiger partial charge on any atom is 0.488 e. The molecule has 0 amide bonds. The number of aliphatic hydroxyl groups excluding tert-OH is 1. The van der Waals surface area contributed by atoms with Gasteiger partial charge in [-0.25, -0.2) is 19.5 Å². The third-order valence-corrected chi connectivity index (χ3v) is 4.45. The third kappa shape index (κ3) is 3.88. The molecule has 1 fully saturated rings. The summed E-state index contributed by atoms with van der Waals surface area (Å²) in [6.07, 6.45) is -3.34. The Morgan fingerprint density at radius 2 is 2.15 bits per heavy atom. The molecule has 1 aliphatic heterocycles. The van der Waals surface area contributed by atoms with E-state index in [1.807, 2.05) is 0 Å². The molecular formula is C10H13N5O9P2. The quantitative estimate of drug-likeness (QED) is 0.387. The number of ether oxygens (including phenoxy) is 1. The number of anilines is 1. The number of nitrogens with zero attached hydrogens (tertiary/aromatic N) is 4. The van der Waals surface area contributed by atoms with E-state index >= 15 is 0 Å². The van der Waals surface area contributed by atoms with Crippen LogP contribution in [0, 0.1) is 0 Å². The first kappa shape index (κ1) is 19.2. The van der Waals surface area contributed by atoms with E-state index in [0.29, 0.717) is 0 Å². The normalized spacial score (nSPS) is 27.2. The first-order chi connectivity index (χ1) is 12.2. The maximum atomic E-state index is 11.2. The fourth-order valence-electron chi connectivity index (χ4n) is 2.56. The Bertz CT molecular complexity index is 872. The summed E-state index contributed by atoms with van der Waals surface area (Å²) in [6.45, 7) is -0.624. The molecular weight excluding hydrogens is 396 g/mol. The number of hydrogen-bond donors (Lipinski definition) is 4. The zero-order valence-corrected chi connectivity index (χ0v) is 14.5. The number of aromatic nitrogens is 4. The van der Waals surface area contributed by atoms with Crippen LogP contribution >= 0.6 is 16.1 Å². The topological polar surface area (TPSA) is 215 Å². The molecule has 1 unspecified atom stereocenters. The Kier molecular flexibility index (Phi) is 5.30. The van der Waals surface area contributed by atoms with E-state index in [2.05, 4.69) is 24.0 Å². The number of hydrogen-bond acceptors (Lipinski definition) is 11. The van der Waals surface area contributed by atoms with Gasteiger partial charge in [0.1, 0.15) is 36.8 Å². The Labute approximate surface area is 145 Å².